The molecule has 146 valence electrons. The summed E-state index contributed by atoms with van der Waals surface area (Å²) in [6.07, 6.45) is 5.11. The molecule has 28 heavy (non-hydrogen) atoms. The summed E-state index contributed by atoms with van der Waals surface area (Å²) in [6, 6.07) is 0.868. The molecule has 9 heteroatoms. The lowest BCUT2D eigenvalue weighted by atomic mass is 9.87. The lowest BCUT2D eigenvalue weighted by molar-refractivity contribution is 0.288. The summed E-state index contributed by atoms with van der Waals surface area (Å²) in [5.74, 6) is 2.90. The number of aromatic nitrogens is 6. The Hall–Kier alpha value is -2.42. The highest BCUT2D eigenvalue weighted by Gasteiger charge is 2.46. The minimum absolute atomic E-state index is 0.434. The van der Waals surface area contributed by atoms with E-state index in [1.165, 1.54) is 12.0 Å². The van der Waals surface area contributed by atoms with Crippen molar-refractivity contribution in [1.82, 2.24) is 29.7 Å². The number of hydrogen-bond donors (Lipinski definition) is 0. The summed E-state index contributed by atoms with van der Waals surface area (Å²) in [7, 11) is 1.93. The average Bonchev–Trinajstić information content (AvgIpc) is 3.04. The number of hydrogen-bond acceptors (Lipinski definition) is 8. The summed E-state index contributed by atoms with van der Waals surface area (Å²) in [4.78, 5) is 23.6. The van der Waals surface area contributed by atoms with Crippen LogP contribution in [0, 0.1) is 20.8 Å². The van der Waals surface area contributed by atoms with E-state index in [4.69, 9.17) is 9.97 Å². The van der Waals surface area contributed by atoms with E-state index in [1.54, 1.807) is 11.8 Å². The molecule has 0 saturated carbocycles. The van der Waals surface area contributed by atoms with E-state index < -0.39 is 0 Å². The van der Waals surface area contributed by atoms with Gasteiger partial charge in [0.05, 0.1) is 23.7 Å². The number of piperidine rings is 1. The van der Waals surface area contributed by atoms with Crippen LogP contribution < -0.4 is 9.80 Å². The molecule has 6 heterocycles. The minimum Gasteiger partial charge on any atom is -0.352 e. The SMILES string of the molecule is CSc1nc(C)c(C)c(N2CC3CC(C2)N3c2nc(C)nc3c2cnn3C)n1. The lowest BCUT2D eigenvalue weighted by Gasteiger charge is -2.57. The van der Waals surface area contributed by atoms with Crippen LogP contribution in [0.1, 0.15) is 23.5 Å². The zero-order valence-corrected chi connectivity index (χ0v) is 17.7. The van der Waals surface area contributed by atoms with Gasteiger partial charge in [-0.1, -0.05) is 11.8 Å². The molecule has 2 unspecified atom stereocenters. The zero-order chi connectivity index (χ0) is 19.6. The summed E-state index contributed by atoms with van der Waals surface area (Å²) >= 11 is 1.60. The standard InChI is InChI=1S/C19H24N8S/c1-10-11(2)21-19(28-5)24-16(10)26-8-13-6-14(9-26)27(13)18-15-7-20-25(4)17(15)22-12(3)23-18/h7,13-14H,6,8-9H2,1-5H3. The third-order valence-corrected chi connectivity index (χ3v) is 6.49. The second kappa shape index (κ2) is 6.30. The maximum absolute atomic E-state index is 4.82. The Balaban J connectivity index is 1.47. The number of aryl methyl sites for hydroxylation is 3. The van der Waals surface area contributed by atoms with Crippen LogP contribution in [0.25, 0.3) is 11.0 Å². The Labute approximate surface area is 168 Å². The van der Waals surface area contributed by atoms with Crippen molar-refractivity contribution in [2.75, 3.05) is 29.1 Å². The van der Waals surface area contributed by atoms with Crippen molar-refractivity contribution < 1.29 is 0 Å². The second-order valence-corrected chi connectivity index (χ2v) is 8.47. The van der Waals surface area contributed by atoms with Crippen LogP contribution in [0.2, 0.25) is 0 Å². The van der Waals surface area contributed by atoms with Gasteiger partial charge < -0.3 is 9.80 Å². The summed E-state index contributed by atoms with van der Waals surface area (Å²) in [5, 5.41) is 6.28. The Morgan fingerprint density at radius 3 is 2.46 bits per heavy atom. The first-order valence-corrected chi connectivity index (χ1v) is 10.8. The number of thioether (sulfide) groups is 1. The molecule has 0 N–H and O–H groups in total. The van der Waals surface area contributed by atoms with Crippen molar-refractivity contribution in [2.24, 2.45) is 7.05 Å². The molecular weight excluding hydrogens is 372 g/mol. The van der Waals surface area contributed by atoms with E-state index in [0.29, 0.717) is 12.1 Å². The van der Waals surface area contributed by atoms with Crippen LogP contribution >= 0.6 is 11.8 Å². The topological polar surface area (TPSA) is 75.9 Å². The molecule has 0 spiro atoms. The van der Waals surface area contributed by atoms with Crippen LogP contribution in [0.3, 0.4) is 0 Å². The smallest absolute Gasteiger partial charge is 0.189 e. The van der Waals surface area contributed by atoms with Gasteiger partial charge in [-0.3, -0.25) is 4.68 Å². The molecule has 3 aromatic rings. The Morgan fingerprint density at radius 1 is 1.00 bits per heavy atom. The van der Waals surface area contributed by atoms with Gasteiger partial charge in [0.25, 0.3) is 0 Å². The van der Waals surface area contributed by atoms with Gasteiger partial charge in [-0.25, -0.2) is 19.9 Å². The first kappa shape index (κ1) is 17.7. The predicted molar refractivity (Wildman–Crippen MR) is 111 cm³/mol. The van der Waals surface area contributed by atoms with E-state index in [1.807, 2.05) is 31.1 Å². The first-order chi connectivity index (χ1) is 13.5. The van der Waals surface area contributed by atoms with E-state index in [0.717, 1.165) is 52.4 Å². The van der Waals surface area contributed by atoms with E-state index in [9.17, 15) is 0 Å². The van der Waals surface area contributed by atoms with Crippen molar-refractivity contribution in [3.05, 3.63) is 23.3 Å². The van der Waals surface area contributed by atoms with E-state index in [2.05, 4.69) is 38.7 Å². The average molecular weight is 397 g/mol. The largest absolute Gasteiger partial charge is 0.352 e. The molecule has 3 aromatic heterocycles. The van der Waals surface area contributed by atoms with Gasteiger partial charge in [-0.2, -0.15) is 5.10 Å². The molecular formula is C19H24N8S. The van der Waals surface area contributed by atoms with Gasteiger partial charge in [0, 0.05) is 31.4 Å². The number of fused-ring (bicyclic) bond motifs is 3. The molecule has 2 atom stereocenters. The Morgan fingerprint density at radius 2 is 1.75 bits per heavy atom. The fourth-order valence-corrected chi connectivity index (χ4v) is 4.83. The maximum atomic E-state index is 4.82. The molecule has 3 fully saturated rings. The van der Waals surface area contributed by atoms with Gasteiger partial charge in [0.1, 0.15) is 17.5 Å². The Kier molecular flexibility index (Phi) is 3.97. The van der Waals surface area contributed by atoms with Gasteiger partial charge in [0.15, 0.2) is 10.8 Å². The molecule has 3 aliphatic rings. The van der Waals surface area contributed by atoms with Gasteiger partial charge >= 0.3 is 0 Å². The van der Waals surface area contributed by atoms with Crippen molar-refractivity contribution >= 4 is 34.4 Å². The van der Waals surface area contributed by atoms with E-state index in [-0.39, 0.29) is 0 Å². The molecule has 2 bridgehead atoms. The molecule has 6 rings (SSSR count). The van der Waals surface area contributed by atoms with Crippen LogP contribution in [0.5, 0.6) is 0 Å². The number of anilines is 2. The van der Waals surface area contributed by atoms with Crippen LogP contribution in [0.15, 0.2) is 11.4 Å². The minimum atomic E-state index is 0.434. The molecule has 0 aliphatic carbocycles. The predicted octanol–water partition coefficient (Wildman–Crippen LogP) is 2.27. The Bertz CT molecular complexity index is 1070. The van der Waals surface area contributed by atoms with Crippen LogP contribution in [0.4, 0.5) is 11.6 Å². The monoisotopic (exact) mass is 396 g/mol. The van der Waals surface area contributed by atoms with E-state index >= 15 is 0 Å². The quantitative estimate of drug-likeness (QED) is 0.493. The highest BCUT2D eigenvalue weighted by molar-refractivity contribution is 7.98. The lowest BCUT2D eigenvalue weighted by Crippen LogP contribution is -2.69. The number of nitrogens with zero attached hydrogens (tertiary/aromatic N) is 8. The summed E-state index contributed by atoms with van der Waals surface area (Å²) in [5.41, 5.74) is 3.14. The molecule has 3 aliphatic heterocycles. The van der Waals surface area contributed by atoms with Crippen LogP contribution in [-0.4, -0.2) is 61.1 Å². The third kappa shape index (κ3) is 2.56. The highest BCUT2D eigenvalue weighted by Crippen LogP contribution is 2.40. The van der Waals surface area contributed by atoms with Gasteiger partial charge in [-0.15, -0.1) is 0 Å². The highest BCUT2D eigenvalue weighted by atomic mass is 32.2. The number of rotatable bonds is 3. The van der Waals surface area contributed by atoms with Gasteiger partial charge in [0.2, 0.25) is 0 Å². The first-order valence-electron chi connectivity index (χ1n) is 9.55. The van der Waals surface area contributed by atoms with Crippen molar-refractivity contribution in [1.29, 1.82) is 0 Å². The van der Waals surface area contributed by atoms with Crippen molar-refractivity contribution in [3.8, 4) is 0 Å². The molecule has 0 aromatic carbocycles. The molecule has 8 nitrogen and oxygen atoms in total. The fraction of sp³-hybridized carbons (Fsp3) is 0.526. The van der Waals surface area contributed by atoms with Crippen LogP contribution in [-0.2, 0) is 7.05 Å². The number of piperazine rings is 1. The molecule has 3 saturated heterocycles. The summed E-state index contributed by atoms with van der Waals surface area (Å²) in [6.45, 7) is 8.05. The van der Waals surface area contributed by atoms with Crippen molar-refractivity contribution in [2.45, 2.75) is 44.4 Å². The molecule has 0 amide bonds. The van der Waals surface area contributed by atoms with Gasteiger partial charge in [-0.05, 0) is 33.4 Å². The third-order valence-electron chi connectivity index (χ3n) is 5.95. The second-order valence-electron chi connectivity index (χ2n) is 7.70. The normalized spacial score (nSPS) is 21.3. The maximum Gasteiger partial charge on any atom is 0.189 e. The summed E-state index contributed by atoms with van der Waals surface area (Å²) < 4.78 is 1.83. The fourth-order valence-electron chi connectivity index (χ4n) is 4.43. The zero-order valence-electron chi connectivity index (χ0n) is 16.8. The van der Waals surface area contributed by atoms with Crippen molar-refractivity contribution in [3.63, 3.8) is 0 Å². The molecule has 0 radical (unpaired) electrons.